The summed E-state index contributed by atoms with van der Waals surface area (Å²) < 4.78 is 30.3. The topological polar surface area (TPSA) is 29.9 Å². The van der Waals surface area contributed by atoms with Crippen molar-refractivity contribution in [2.45, 2.75) is 25.8 Å². The molecule has 0 radical (unpaired) electrons. The Labute approximate surface area is 131 Å². The average Bonchev–Trinajstić information content (AvgIpc) is 2.77. The molecule has 0 spiro atoms. The van der Waals surface area contributed by atoms with Gasteiger partial charge in [0.1, 0.15) is 11.6 Å². The highest BCUT2D eigenvalue weighted by atomic mass is 79.9. The Balaban J connectivity index is 2.34. The van der Waals surface area contributed by atoms with E-state index in [4.69, 9.17) is 0 Å². The summed E-state index contributed by atoms with van der Waals surface area (Å²) in [5.74, 6) is -1.11. The van der Waals surface area contributed by atoms with Crippen LogP contribution in [0.4, 0.5) is 8.78 Å². The molecule has 0 amide bonds. The lowest BCUT2D eigenvalue weighted by atomic mass is 10.0. The first kappa shape index (κ1) is 16.1. The van der Waals surface area contributed by atoms with Crippen LogP contribution >= 0.6 is 15.9 Å². The lowest BCUT2D eigenvalue weighted by molar-refractivity contribution is 0.480. The molecule has 0 aliphatic rings. The third-order valence-electron chi connectivity index (χ3n) is 3.54. The number of nitrogens with one attached hydrogen (secondary N) is 1. The molecule has 0 aliphatic carbocycles. The van der Waals surface area contributed by atoms with Crippen molar-refractivity contribution in [3.63, 3.8) is 0 Å². The predicted octanol–water partition coefficient (Wildman–Crippen LogP) is 3.53. The minimum atomic E-state index is -0.556. The molecule has 0 fully saturated rings. The normalized spacial score (nSPS) is 12.7. The summed E-state index contributed by atoms with van der Waals surface area (Å²) >= 11 is 3.09. The SMILES string of the molecule is CCc1cc(CC(NC)c2c(F)cc(Br)cc2F)n(C)n1. The molecule has 2 aromatic rings. The molecular weight excluding hydrogens is 340 g/mol. The Morgan fingerprint density at radius 3 is 2.38 bits per heavy atom. The van der Waals surface area contributed by atoms with Gasteiger partial charge in [-0.05, 0) is 31.7 Å². The van der Waals surface area contributed by atoms with Crippen molar-refractivity contribution in [1.29, 1.82) is 0 Å². The Kier molecular flexibility index (Phi) is 5.11. The van der Waals surface area contributed by atoms with E-state index in [1.54, 1.807) is 11.7 Å². The predicted molar refractivity (Wildman–Crippen MR) is 82.1 cm³/mol. The molecule has 1 aromatic carbocycles. The van der Waals surface area contributed by atoms with Crippen molar-refractivity contribution < 1.29 is 8.78 Å². The van der Waals surface area contributed by atoms with Crippen LogP contribution < -0.4 is 5.32 Å². The number of aryl methyl sites for hydroxylation is 2. The van der Waals surface area contributed by atoms with Crippen molar-refractivity contribution in [1.82, 2.24) is 15.1 Å². The molecule has 0 saturated carbocycles. The Morgan fingerprint density at radius 1 is 1.29 bits per heavy atom. The highest BCUT2D eigenvalue weighted by Gasteiger charge is 2.21. The van der Waals surface area contributed by atoms with Gasteiger partial charge >= 0.3 is 0 Å². The Morgan fingerprint density at radius 2 is 1.90 bits per heavy atom. The van der Waals surface area contributed by atoms with E-state index in [1.165, 1.54) is 12.1 Å². The minimum Gasteiger partial charge on any atom is -0.312 e. The van der Waals surface area contributed by atoms with Crippen molar-refractivity contribution in [3.8, 4) is 0 Å². The summed E-state index contributed by atoms with van der Waals surface area (Å²) in [6.07, 6.45) is 1.30. The fourth-order valence-electron chi connectivity index (χ4n) is 2.38. The van der Waals surface area contributed by atoms with Gasteiger partial charge in [0.15, 0.2) is 0 Å². The van der Waals surface area contributed by atoms with E-state index in [9.17, 15) is 8.78 Å². The van der Waals surface area contributed by atoms with E-state index in [1.807, 2.05) is 20.0 Å². The van der Waals surface area contributed by atoms with Gasteiger partial charge in [-0.3, -0.25) is 4.68 Å². The molecule has 21 heavy (non-hydrogen) atoms. The highest BCUT2D eigenvalue weighted by Crippen LogP contribution is 2.27. The van der Waals surface area contributed by atoms with E-state index in [2.05, 4.69) is 26.3 Å². The van der Waals surface area contributed by atoms with Crippen molar-refractivity contribution in [2.75, 3.05) is 7.05 Å². The molecule has 2 rings (SSSR count). The fraction of sp³-hybridized carbons (Fsp3) is 0.400. The summed E-state index contributed by atoms with van der Waals surface area (Å²) in [6.45, 7) is 2.02. The molecule has 1 atom stereocenters. The van der Waals surface area contributed by atoms with Crippen LogP contribution in [0, 0.1) is 11.6 Å². The molecule has 1 N–H and O–H groups in total. The standard InChI is InChI=1S/C15H18BrF2N3/c1-4-10-7-11(21(3)20-10)8-14(19-2)15-12(17)5-9(16)6-13(15)18/h5-7,14,19H,4,8H2,1-3H3. The first-order valence-corrected chi connectivity index (χ1v) is 7.59. The molecule has 0 bridgehead atoms. The first-order chi connectivity index (χ1) is 9.96. The third-order valence-corrected chi connectivity index (χ3v) is 4.00. The van der Waals surface area contributed by atoms with E-state index in [-0.39, 0.29) is 5.56 Å². The second kappa shape index (κ2) is 6.66. The van der Waals surface area contributed by atoms with Crippen LogP contribution in [0.2, 0.25) is 0 Å². The highest BCUT2D eigenvalue weighted by molar-refractivity contribution is 9.10. The van der Waals surface area contributed by atoms with Crippen LogP contribution in [0.25, 0.3) is 0 Å². The average molecular weight is 358 g/mol. The van der Waals surface area contributed by atoms with E-state index in [0.717, 1.165) is 17.8 Å². The Bertz CT molecular complexity index is 617. The molecule has 3 nitrogen and oxygen atoms in total. The number of rotatable bonds is 5. The van der Waals surface area contributed by atoms with Gasteiger partial charge in [0.25, 0.3) is 0 Å². The smallest absolute Gasteiger partial charge is 0.132 e. The van der Waals surface area contributed by atoms with Gasteiger partial charge in [-0.2, -0.15) is 5.10 Å². The van der Waals surface area contributed by atoms with Crippen molar-refractivity contribution >= 4 is 15.9 Å². The zero-order valence-electron chi connectivity index (χ0n) is 12.3. The second-order valence-electron chi connectivity index (χ2n) is 4.93. The summed E-state index contributed by atoms with van der Waals surface area (Å²) in [5.41, 5.74) is 1.96. The van der Waals surface area contributed by atoms with Crippen LogP contribution in [0.3, 0.4) is 0 Å². The number of likely N-dealkylation sites (N-methyl/N-ethyl adjacent to an activating group) is 1. The summed E-state index contributed by atoms with van der Waals surface area (Å²) in [7, 11) is 3.54. The van der Waals surface area contributed by atoms with E-state index < -0.39 is 17.7 Å². The van der Waals surface area contributed by atoms with Gasteiger partial charge in [-0.1, -0.05) is 22.9 Å². The van der Waals surface area contributed by atoms with Crippen LogP contribution in [0.15, 0.2) is 22.7 Å². The maximum atomic E-state index is 14.1. The summed E-state index contributed by atoms with van der Waals surface area (Å²) in [4.78, 5) is 0. The molecule has 1 unspecified atom stereocenters. The molecule has 0 saturated heterocycles. The summed E-state index contributed by atoms with van der Waals surface area (Å²) in [5, 5.41) is 7.35. The molecule has 1 heterocycles. The number of hydrogen-bond donors (Lipinski definition) is 1. The van der Waals surface area contributed by atoms with Crippen molar-refractivity contribution in [2.24, 2.45) is 7.05 Å². The molecule has 6 heteroatoms. The van der Waals surface area contributed by atoms with Gasteiger partial charge in [0.05, 0.1) is 5.69 Å². The fourth-order valence-corrected chi connectivity index (χ4v) is 2.78. The minimum absolute atomic E-state index is 0.0555. The maximum absolute atomic E-state index is 14.1. The Hall–Kier alpha value is -1.27. The quantitative estimate of drug-likeness (QED) is 0.886. The molecule has 0 aliphatic heterocycles. The van der Waals surface area contributed by atoms with Crippen LogP contribution in [-0.4, -0.2) is 16.8 Å². The zero-order chi connectivity index (χ0) is 15.6. The number of hydrogen-bond acceptors (Lipinski definition) is 2. The number of benzene rings is 1. The second-order valence-corrected chi connectivity index (χ2v) is 5.85. The van der Waals surface area contributed by atoms with Crippen LogP contribution in [-0.2, 0) is 19.9 Å². The lowest BCUT2D eigenvalue weighted by Crippen LogP contribution is -2.22. The van der Waals surface area contributed by atoms with Gasteiger partial charge < -0.3 is 5.32 Å². The lowest BCUT2D eigenvalue weighted by Gasteiger charge is -2.18. The molecule has 1 aromatic heterocycles. The third kappa shape index (κ3) is 3.49. The van der Waals surface area contributed by atoms with Gasteiger partial charge in [0, 0.05) is 35.2 Å². The first-order valence-electron chi connectivity index (χ1n) is 6.79. The van der Waals surface area contributed by atoms with Crippen LogP contribution in [0.5, 0.6) is 0 Å². The van der Waals surface area contributed by atoms with E-state index in [0.29, 0.717) is 10.9 Å². The molecular formula is C15H18BrF2N3. The number of aromatic nitrogens is 2. The number of nitrogens with zero attached hydrogens (tertiary/aromatic N) is 2. The van der Waals surface area contributed by atoms with Gasteiger partial charge in [-0.25, -0.2) is 8.78 Å². The zero-order valence-corrected chi connectivity index (χ0v) is 13.8. The van der Waals surface area contributed by atoms with E-state index >= 15 is 0 Å². The number of halogens is 3. The largest absolute Gasteiger partial charge is 0.312 e. The maximum Gasteiger partial charge on any atom is 0.132 e. The van der Waals surface area contributed by atoms with Crippen LogP contribution in [0.1, 0.15) is 29.9 Å². The molecule has 114 valence electrons. The van der Waals surface area contributed by atoms with Gasteiger partial charge in [0.2, 0.25) is 0 Å². The van der Waals surface area contributed by atoms with Gasteiger partial charge in [-0.15, -0.1) is 0 Å². The monoisotopic (exact) mass is 357 g/mol. The summed E-state index contributed by atoms with van der Waals surface area (Å²) in [6, 6.07) is 4.09. The van der Waals surface area contributed by atoms with Crippen molar-refractivity contribution in [3.05, 3.63) is 51.3 Å².